The number of aromatic amines is 1. The van der Waals surface area contributed by atoms with E-state index in [1.807, 2.05) is 34.6 Å². The fraction of sp³-hybridized carbons (Fsp3) is 0.737. The highest BCUT2D eigenvalue weighted by Crippen LogP contribution is 2.25. The van der Waals surface area contributed by atoms with Crippen LogP contribution in [-0.4, -0.2) is 50.7 Å². The molecule has 1 aromatic heterocycles. The number of hydrogen-bond donors (Lipinski definition) is 3. The number of aromatic nitrogens is 2. The maximum Gasteiger partial charge on any atom is 0.330 e. The molecule has 1 saturated heterocycles. The van der Waals surface area contributed by atoms with Crippen molar-refractivity contribution in [2.24, 2.45) is 0 Å². The first-order chi connectivity index (χ1) is 12.8. The van der Waals surface area contributed by atoms with Gasteiger partial charge in [0.05, 0.1) is 5.60 Å². The second-order valence-corrected chi connectivity index (χ2v) is 7.17. The maximum atomic E-state index is 11.4. The summed E-state index contributed by atoms with van der Waals surface area (Å²) in [6.45, 7) is 12.7. The molecule has 1 aliphatic heterocycles. The zero-order valence-corrected chi connectivity index (χ0v) is 18.2. The predicted octanol–water partition coefficient (Wildman–Crippen LogP) is 1.58. The fourth-order valence-electron chi connectivity index (χ4n) is 1.60. The van der Waals surface area contributed by atoms with Crippen molar-refractivity contribution in [3.8, 4) is 0 Å². The highest BCUT2D eigenvalue weighted by molar-refractivity contribution is 5.56. The molecule has 0 saturated carbocycles. The standard InChI is InChI=1S/C9H10N2O4.C5H12O.C3H8O2.C2H6/c12-5-6-1-2-8(15-6)11-4-3-7(13)10-9(11)14;1-5(2,3)6-4;1-3(2,4)5;1-2/h3-6,8H,1-2H2,(H,10,13,14);1-4H3;4-5H,1-2H3;1-2H3. The van der Waals surface area contributed by atoms with Crippen molar-refractivity contribution in [2.45, 2.75) is 85.0 Å². The van der Waals surface area contributed by atoms with E-state index in [1.165, 1.54) is 30.7 Å². The quantitative estimate of drug-likeness (QED) is 0.504. The maximum absolute atomic E-state index is 11.4. The van der Waals surface area contributed by atoms with Gasteiger partial charge in [-0.1, -0.05) is 13.8 Å². The predicted molar refractivity (Wildman–Crippen MR) is 107 cm³/mol. The Labute approximate surface area is 166 Å². The summed E-state index contributed by atoms with van der Waals surface area (Å²) in [5.41, 5.74) is -0.916. The smallest absolute Gasteiger partial charge is 0.330 e. The molecule has 0 spiro atoms. The first kappa shape index (κ1) is 28.4. The Morgan fingerprint density at radius 3 is 1.96 bits per heavy atom. The van der Waals surface area contributed by atoms with Crippen LogP contribution in [0.3, 0.4) is 0 Å². The van der Waals surface area contributed by atoms with Crippen molar-refractivity contribution in [3.05, 3.63) is 33.1 Å². The summed E-state index contributed by atoms with van der Waals surface area (Å²) < 4.78 is 11.5. The molecule has 1 aliphatic rings. The molecule has 0 aromatic carbocycles. The number of nitrogens with zero attached hydrogens (tertiary/aromatic N) is 1. The SMILES string of the molecule is CC.CC(C)(O)O.COC(C)(C)C.O=CC1CCC(n2ccc(=O)[nH]c2=O)O1. The van der Waals surface area contributed by atoms with E-state index in [0.29, 0.717) is 12.8 Å². The van der Waals surface area contributed by atoms with E-state index in [1.54, 1.807) is 7.11 Å². The fourth-order valence-corrected chi connectivity index (χ4v) is 1.60. The molecule has 0 radical (unpaired) electrons. The van der Waals surface area contributed by atoms with Crippen LogP contribution in [0.2, 0.25) is 0 Å². The van der Waals surface area contributed by atoms with Crippen LogP contribution >= 0.6 is 0 Å². The van der Waals surface area contributed by atoms with Crippen molar-refractivity contribution < 1.29 is 24.5 Å². The Hall–Kier alpha value is -1.81. The zero-order valence-electron chi connectivity index (χ0n) is 18.2. The second kappa shape index (κ2) is 13.4. The zero-order chi connectivity index (χ0) is 22.5. The molecule has 28 heavy (non-hydrogen) atoms. The monoisotopic (exact) mass is 404 g/mol. The third-order valence-electron chi connectivity index (χ3n) is 2.96. The van der Waals surface area contributed by atoms with Gasteiger partial charge >= 0.3 is 5.69 Å². The lowest BCUT2D eigenvalue weighted by molar-refractivity contribution is -0.127. The lowest BCUT2D eigenvalue weighted by Crippen LogP contribution is -2.31. The lowest BCUT2D eigenvalue weighted by Gasteiger charge is -2.14. The van der Waals surface area contributed by atoms with E-state index >= 15 is 0 Å². The molecule has 2 heterocycles. The molecule has 9 heteroatoms. The highest BCUT2D eigenvalue weighted by Gasteiger charge is 2.26. The van der Waals surface area contributed by atoms with E-state index in [0.717, 1.165) is 6.29 Å². The first-order valence-electron chi connectivity index (χ1n) is 9.19. The minimum Gasteiger partial charge on any atom is -0.379 e. The minimum absolute atomic E-state index is 0.0417. The molecule has 164 valence electrons. The summed E-state index contributed by atoms with van der Waals surface area (Å²) in [5.74, 6) is -1.50. The van der Waals surface area contributed by atoms with E-state index in [4.69, 9.17) is 19.7 Å². The van der Waals surface area contributed by atoms with Gasteiger partial charge in [-0.3, -0.25) is 14.3 Å². The molecule has 0 bridgehead atoms. The Bertz CT molecular complexity index is 648. The van der Waals surface area contributed by atoms with E-state index < -0.39 is 29.4 Å². The average molecular weight is 405 g/mol. The van der Waals surface area contributed by atoms with Crippen molar-refractivity contribution >= 4 is 6.29 Å². The van der Waals surface area contributed by atoms with Gasteiger partial charge in [-0.25, -0.2) is 4.79 Å². The average Bonchev–Trinajstić information content (AvgIpc) is 3.04. The van der Waals surface area contributed by atoms with Crippen molar-refractivity contribution in [1.29, 1.82) is 0 Å². The van der Waals surface area contributed by atoms with Crippen molar-refractivity contribution in [2.75, 3.05) is 7.11 Å². The number of hydrogen-bond acceptors (Lipinski definition) is 7. The van der Waals surface area contributed by atoms with Gasteiger partial charge in [0, 0.05) is 19.4 Å². The Morgan fingerprint density at radius 1 is 1.18 bits per heavy atom. The van der Waals surface area contributed by atoms with Gasteiger partial charge in [-0.2, -0.15) is 0 Å². The highest BCUT2D eigenvalue weighted by atomic mass is 16.5. The summed E-state index contributed by atoms with van der Waals surface area (Å²) in [4.78, 5) is 34.8. The van der Waals surface area contributed by atoms with Crippen LogP contribution in [0.15, 0.2) is 21.9 Å². The van der Waals surface area contributed by atoms with Crippen molar-refractivity contribution in [1.82, 2.24) is 9.55 Å². The molecule has 0 aliphatic carbocycles. The van der Waals surface area contributed by atoms with Crippen LogP contribution < -0.4 is 11.2 Å². The Morgan fingerprint density at radius 2 is 1.64 bits per heavy atom. The van der Waals surface area contributed by atoms with Gasteiger partial charge in [0.2, 0.25) is 0 Å². The van der Waals surface area contributed by atoms with E-state index in [-0.39, 0.29) is 5.60 Å². The van der Waals surface area contributed by atoms with Crippen LogP contribution in [0.5, 0.6) is 0 Å². The normalized spacial score (nSPS) is 18.5. The number of aliphatic hydroxyl groups is 2. The van der Waals surface area contributed by atoms with E-state index in [2.05, 4.69) is 4.98 Å². The molecule has 1 aromatic rings. The molecule has 2 unspecified atom stereocenters. The molecule has 1 fully saturated rings. The lowest BCUT2D eigenvalue weighted by atomic mass is 10.2. The topological polar surface area (TPSA) is 131 Å². The van der Waals surface area contributed by atoms with Gasteiger partial charge in [-0.05, 0) is 47.5 Å². The third kappa shape index (κ3) is 15.3. The Balaban J connectivity index is 0. The van der Waals surface area contributed by atoms with Gasteiger partial charge in [-0.15, -0.1) is 0 Å². The first-order valence-corrected chi connectivity index (χ1v) is 9.19. The van der Waals surface area contributed by atoms with Gasteiger partial charge < -0.3 is 24.5 Å². The molecule has 3 N–H and O–H groups in total. The number of carbonyl (C=O) groups is 1. The summed E-state index contributed by atoms with van der Waals surface area (Å²) in [7, 11) is 1.71. The third-order valence-corrected chi connectivity index (χ3v) is 2.96. The molecule has 0 amide bonds. The van der Waals surface area contributed by atoms with Crippen LogP contribution in [0, 0.1) is 0 Å². The van der Waals surface area contributed by atoms with Crippen LogP contribution in [0.4, 0.5) is 0 Å². The molecule has 9 nitrogen and oxygen atoms in total. The number of aldehydes is 1. The van der Waals surface area contributed by atoms with Crippen LogP contribution in [0.1, 0.15) is 67.5 Å². The number of carbonyl (C=O) groups excluding carboxylic acids is 1. The number of rotatable bonds is 2. The summed E-state index contributed by atoms with van der Waals surface area (Å²) in [6.07, 6.45) is 2.38. The Kier molecular flexibility index (Phi) is 13.6. The summed E-state index contributed by atoms with van der Waals surface area (Å²) in [6, 6.07) is 1.25. The van der Waals surface area contributed by atoms with Crippen molar-refractivity contribution in [3.63, 3.8) is 0 Å². The van der Waals surface area contributed by atoms with Gasteiger partial charge in [0.15, 0.2) is 5.79 Å². The van der Waals surface area contributed by atoms with Crippen LogP contribution in [0.25, 0.3) is 0 Å². The summed E-state index contributed by atoms with van der Waals surface area (Å²) in [5, 5.41) is 16.2. The summed E-state index contributed by atoms with van der Waals surface area (Å²) >= 11 is 0. The van der Waals surface area contributed by atoms with Gasteiger partial charge in [0.1, 0.15) is 18.6 Å². The largest absolute Gasteiger partial charge is 0.379 e. The van der Waals surface area contributed by atoms with E-state index in [9.17, 15) is 14.4 Å². The second-order valence-electron chi connectivity index (χ2n) is 7.17. The van der Waals surface area contributed by atoms with Crippen LogP contribution in [-0.2, 0) is 14.3 Å². The molecular formula is C19H36N2O7. The number of methoxy groups -OCH3 is 1. The molecule has 2 atom stereocenters. The molecular weight excluding hydrogens is 368 g/mol. The van der Waals surface area contributed by atoms with Gasteiger partial charge in [0.25, 0.3) is 5.56 Å². The number of ether oxygens (including phenoxy) is 2. The number of nitrogens with one attached hydrogen (secondary N) is 1. The molecule has 2 rings (SSSR count). The number of H-pyrrole nitrogens is 1. The minimum atomic E-state index is -1.50.